The van der Waals surface area contributed by atoms with Crippen molar-refractivity contribution in [1.82, 2.24) is 25.0 Å². The Hall–Kier alpha value is -2.72. The van der Waals surface area contributed by atoms with Crippen LogP contribution < -0.4 is 0 Å². The van der Waals surface area contributed by atoms with Gasteiger partial charge in [0.15, 0.2) is 0 Å². The van der Waals surface area contributed by atoms with E-state index in [2.05, 4.69) is 26.2 Å². The molecule has 7 heteroatoms. The lowest BCUT2D eigenvalue weighted by atomic mass is 9.96. The number of H-pyrrole nitrogens is 1. The second-order valence-electron chi connectivity index (χ2n) is 6.54. The molecule has 1 aliphatic rings. The van der Waals surface area contributed by atoms with Crippen LogP contribution in [0.15, 0.2) is 24.5 Å². The summed E-state index contributed by atoms with van der Waals surface area (Å²) in [6, 6.07) is 5.96. The Bertz CT molecular complexity index is 791. The maximum absolute atomic E-state index is 12.4. The van der Waals surface area contributed by atoms with Gasteiger partial charge >= 0.3 is 0 Å². The third-order valence-electron chi connectivity index (χ3n) is 4.58. The number of carbonyl (C=O) groups excluding carboxylic acids is 1. The molecule has 7 nitrogen and oxygen atoms in total. The lowest BCUT2D eigenvalue weighted by Gasteiger charge is -2.35. The molecular formula is C18H22N6O. The Balaban J connectivity index is 1.86. The van der Waals surface area contributed by atoms with E-state index in [1.807, 2.05) is 12.1 Å². The lowest BCUT2D eigenvalue weighted by Crippen LogP contribution is -2.34. The Morgan fingerprint density at radius 2 is 2.32 bits per heavy atom. The fourth-order valence-electron chi connectivity index (χ4n) is 3.34. The first-order valence-corrected chi connectivity index (χ1v) is 8.44. The van der Waals surface area contributed by atoms with Crippen molar-refractivity contribution in [2.75, 3.05) is 20.6 Å². The molecular weight excluding hydrogens is 316 g/mol. The van der Waals surface area contributed by atoms with Crippen molar-refractivity contribution in [2.45, 2.75) is 31.8 Å². The molecule has 2 aromatic heterocycles. The molecule has 1 unspecified atom stereocenters. The Labute approximate surface area is 147 Å². The van der Waals surface area contributed by atoms with Crippen LogP contribution in [0.5, 0.6) is 0 Å². The smallest absolute Gasteiger partial charge is 0.256 e. The first-order chi connectivity index (χ1) is 12.1. The van der Waals surface area contributed by atoms with Crippen molar-refractivity contribution in [3.05, 3.63) is 47.0 Å². The lowest BCUT2D eigenvalue weighted by molar-refractivity contribution is 0.0819. The van der Waals surface area contributed by atoms with Gasteiger partial charge in [0.05, 0.1) is 23.5 Å². The number of carbonyl (C=O) groups is 1. The van der Waals surface area contributed by atoms with Gasteiger partial charge in [-0.15, -0.1) is 0 Å². The molecule has 1 saturated heterocycles. The summed E-state index contributed by atoms with van der Waals surface area (Å²) in [4.78, 5) is 20.4. The van der Waals surface area contributed by atoms with E-state index in [1.165, 1.54) is 0 Å². The second kappa shape index (κ2) is 7.45. The van der Waals surface area contributed by atoms with Crippen LogP contribution in [0.25, 0.3) is 0 Å². The van der Waals surface area contributed by atoms with E-state index in [1.54, 1.807) is 31.4 Å². The molecule has 1 N–H and O–H groups in total. The molecule has 0 saturated carbocycles. The van der Waals surface area contributed by atoms with E-state index in [9.17, 15) is 4.79 Å². The second-order valence-corrected chi connectivity index (χ2v) is 6.54. The average molecular weight is 338 g/mol. The molecule has 0 bridgehead atoms. The molecule has 0 spiro atoms. The minimum absolute atomic E-state index is 0.0371. The van der Waals surface area contributed by atoms with Gasteiger partial charge in [0.2, 0.25) is 0 Å². The maximum atomic E-state index is 12.4. The summed E-state index contributed by atoms with van der Waals surface area (Å²) in [7, 11) is 3.50. The zero-order valence-corrected chi connectivity index (χ0v) is 14.6. The molecule has 25 heavy (non-hydrogen) atoms. The number of pyridine rings is 1. The highest BCUT2D eigenvalue weighted by Crippen LogP contribution is 2.33. The minimum Gasteiger partial charge on any atom is -0.345 e. The highest BCUT2D eigenvalue weighted by atomic mass is 16.2. The topological polar surface area (TPSA) is 88.9 Å². The van der Waals surface area contributed by atoms with Gasteiger partial charge in [-0.3, -0.25) is 14.8 Å². The first-order valence-electron chi connectivity index (χ1n) is 8.44. The summed E-state index contributed by atoms with van der Waals surface area (Å²) in [6.07, 6.45) is 6.51. The number of likely N-dealkylation sites (tertiary alicyclic amines) is 1. The number of hydrogen-bond donors (Lipinski definition) is 1. The largest absolute Gasteiger partial charge is 0.345 e. The van der Waals surface area contributed by atoms with Crippen LogP contribution in [0.4, 0.5) is 0 Å². The van der Waals surface area contributed by atoms with Crippen molar-refractivity contribution in [3.63, 3.8) is 0 Å². The molecule has 0 aromatic carbocycles. The summed E-state index contributed by atoms with van der Waals surface area (Å²) < 4.78 is 0. The van der Waals surface area contributed by atoms with Gasteiger partial charge in [-0.25, -0.2) is 4.98 Å². The number of nitriles is 1. The highest BCUT2D eigenvalue weighted by Gasteiger charge is 2.29. The fraction of sp³-hybridized carbons (Fsp3) is 0.444. The molecule has 130 valence electrons. The molecule has 1 fully saturated rings. The summed E-state index contributed by atoms with van der Waals surface area (Å²) in [5.74, 6) is -0.0371. The quantitative estimate of drug-likeness (QED) is 0.922. The highest BCUT2D eigenvalue weighted by molar-refractivity contribution is 5.94. The number of hydrogen-bond acceptors (Lipinski definition) is 5. The van der Waals surface area contributed by atoms with Crippen molar-refractivity contribution in [2.24, 2.45) is 0 Å². The van der Waals surface area contributed by atoms with Gasteiger partial charge in [0.1, 0.15) is 11.8 Å². The molecule has 0 radical (unpaired) electrons. The molecule has 3 rings (SSSR count). The van der Waals surface area contributed by atoms with Gasteiger partial charge in [0.25, 0.3) is 5.91 Å². The third kappa shape index (κ3) is 3.69. The number of aromatic nitrogens is 3. The average Bonchev–Trinajstić information content (AvgIpc) is 3.11. The van der Waals surface area contributed by atoms with Crippen molar-refractivity contribution in [3.8, 4) is 6.07 Å². The molecule has 1 atom stereocenters. The van der Waals surface area contributed by atoms with Crippen molar-refractivity contribution in [1.29, 1.82) is 5.26 Å². The number of rotatable bonds is 4. The van der Waals surface area contributed by atoms with Gasteiger partial charge < -0.3 is 4.90 Å². The van der Waals surface area contributed by atoms with Crippen LogP contribution >= 0.6 is 0 Å². The first kappa shape index (κ1) is 17.1. The molecule has 1 amide bonds. The van der Waals surface area contributed by atoms with Crippen molar-refractivity contribution < 1.29 is 4.79 Å². The van der Waals surface area contributed by atoms with E-state index in [-0.39, 0.29) is 11.9 Å². The van der Waals surface area contributed by atoms with E-state index < -0.39 is 0 Å². The summed E-state index contributed by atoms with van der Waals surface area (Å²) >= 11 is 0. The van der Waals surface area contributed by atoms with Crippen LogP contribution in [-0.2, 0) is 6.54 Å². The van der Waals surface area contributed by atoms with Crippen LogP contribution in [0.1, 0.15) is 52.6 Å². The van der Waals surface area contributed by atoms with Gasteiger partial charge in [-0.1, -0.05) is 6.42 Å². The van der Waals surface area contributed by atoms with Crippen molar-refractivity contribution >= 4 is 5.91 Å². The Morgan fingerprint density at radius 3 is 3.08 bits per heavy atom. The summed E-state index contributed by atoms with van der Waals surface area (Å²) in [6.45, 7) is 1.67. The number of nitrogens with one attached hydrogen (secondary N) is 1. The monoisotopic (exact) mass is 338 g/mol. The number of amides is 1. The van der Waals surface area contributed by atoms with Gasteiger partial charge in [-0.2, -0.15) is 10.4 Å². The molecule has 2 aromatic rings. The number of piperidine rings is 1. The molecule has 3 heterocycles. The van der Waals surface area contributed by atoms with Crippen LogP contribution in [0, 0.1) is 11.3 Å². The minimum atomic E-state index is -0.0371. The van der Waals surface area contributed by atoms with E-state index in [4.69, 9.17) is 5.26 Å². The van der Waals surface area contributed by atoms with Crippen LogP contribution in [-0.4, -0.2) is 51.5 Å². The SMILES string of the molecule is CN(C)C(=O)c1cn[nH]c1C1CCCCN1Cc1ccnc(C#N)c1. The molecule has 1 aliphatic heterocycles. The van der Waals surface area contributed by atoms with E-state index in [0.29, 0.717) is 11.3 Å². The number of nitrogens with zero attached hydrogens (tertiary/aromatic N) is 5. The summed E-state index contributed by atoms with van der Waals surface area (Å²) in [5.41, 5.74) is 3.00. The van der Waals surface area contributed by atoms with Crippen LogP contribution in [0.2, 0.25) is 0 Å². The Morgan fingerprint density at radius 1 is 1.48 bits per heavy atom. The normalized spacial score (nSPS) is 17.9. The van der Waals surface area contributed by atoms with Gasteiger partial charge in [-0.05, 0) is 37.1 Å². The van der Waals surface area contributed by atoms with Gasteiger partial charge in [0, 0.05) is 26.8 Å². The zero-order valence-electron chi connectivity index (χ0n) is 14.6. The van der Waals surface area contributed by atoms with E-state index in [0.717, 1.165) is 43.6 Å². The third-order valence-corrected chi connectivity index (χ3v) is 4.58. The molecule has 0 aliphatic carbocycles. The predicted octanol–water partition coefficient (Wildman–Crippen LogP) is 2.11. The summed E-state index contributed by atoms with van der Waals surface area (Å²) in [5, 5.41) is 16.2. The Kier molecular flexibility index (Phi) is 5.10. The standard InChI is InChI=1S/C18H22N6O/c1-23(2)18(25)15-11-21-22-17(15)16-5-3-4-8-24(16)12-13-6-7-20-14(9-13)10-19/h6-7,9,11,16H,3-5,8,12H2,1-2H3,(H,21,22). The number of aromatic amines is 1. The maximum Gasteiger partial charge on any atom is 0.256 e. The predicted molar refractivity (Wildman–Crippen MR) is 92.6 cm³/mol. The zero-order chi connectivity index (χ0) is 17.8. The van der Waals surface area contributed by atoms with Crippen LogP contribution in [0.3, 0.4) is 0 Å². The fourth-order valence-corrected chi connectivity index (χ4v) is 3.34. The van der Waals surface area contributed by atoms with E-state index >= 15 is 0 Å².